The summed E-state index contributed by atoms with van der Waals surface area (Å²) >= 11 is 0. The Morgan fingerprint density at radius 3 is 2.14 bits per heavy atom. The van der Waals surface area contributed by atoms with E-state index in [1.54, 1.807) is 0 Å². The molecule has 1 aliphatic rings. The highest BCUT2D eigenvalue weighted by atomic mass is 16.7. The van der Waals surface area contributed by atoms with Gasteiger partial charge < -0.3 is 65.7 Å². The van der Waals surface area contributed by atoms with Crippen molar-refractivity contribution in [2.24, 2.45) is 0 Å². The number of hydrogen-bond donors (Lipinski definition) is 10. The highest BCUT2D eigenvalue weighted by Gasteiger charge is 2.47. The van der Waals surface area contributed by atoms with Gasteiger partial charge in [-0.3, -0.25) is 14.4 Å². The Kier molecular flexibility index (Phi) is 13.5. The third-order valence-electron chi connectivity index (χ3n) is 5.16. The van der Waals surface area contributed by atoms with E-state index in [-0.39, 0.29) is 25.9 Å². The molecule has 0 aromatic heterocycles. The van der Waals surface area contributed by atoms with Gasteiger partial charge in [0, 0.05) is 19.5 Å². The van der Waals surface area contributed by atoms with Crippen LogP contribution >= 0.6 is 0 Å². The maximum atomic E-state index is 12.2. The highest BCUT2D eigenvalue weighted by Crippen LogP contribution is 2.25. The van der Waals surface area contributed by atoms with Gasteiger partial charge in [-0.25, -0.2) is 0 Å². The van der Waals surface area contributed by atoms with E-state index < -0.39 is 86.1 Å². The highest BCUT2D eigenvalue weighted by molar-refractivity contribution is 5.82. The van der Waals surface area contributed by atoms with Crippen LogP contribution in [0.1, 0.15) is 12.8 Å². The monoisotopic (exact) mass is 514 g/mol. The largest absolute Gasteiger partial charge is 0.469 e. The first kappa shape index (κ1) is 31.0. The van der Waals surface area contributed by atoms with E-state index in [2.05, 4.69) is 15.4 Å². The zero-order valence-electron chi connectivity index (χ0n) is 19.0. The summed E-state index contributed by atoms with van der Waals surface area (Å²) in [6.07, 6.45) is -17.2. The number of nitrogens with one attached hydrogen (secondary N) is 2. The van der Waals surface area contributed by atoms with Gasteiger partial charge in [-0.1, -0.05) is 0 Å². The molecule has 10 N–H and O–H groups in total. The van der Waals surface area contributed by atoms with Crippen LogP contribution in [0.25, 0.3) is 0 Å². The Balaban J connectivity index is 2.66. The van der Waals surface area contributed by atoms with Crippen molar-refractivity contribution in [1.82, 2.24) is 10.6 Å². The molecule has 0 aromatic carbocycles. The summed E-state index contributed by atoms with van der Waals surface area (Å²) < 4.78 is 14.7. The summed E-state index contributed by atoms with van der Waals surface area (Å²) in [7, 11) is 1.18. The number of amides is 2. The van der Waals surface area contributed by atoms with Crippen LogP contribution in [-0.4, -0.2) is 147 Å². The molecule has 0 bridgehead atoms. The van der Waals surface area contributed by atoms with Crippen LogP contribution in [0.5, 0.6) is 0 Å². The number of ether oxygens (including phenoxy) is 3. The lowest BCUT2D eigenvalue weighted by atomic mass is 9.98. The molecule has 0 saturated carbocycles. The van der Waals surface area contributed by atoms with Gasteiger partial charge in [-0.05, 0) is 0 Å². The minimum atomic E-state index is -2.22. The number of aliphatic hydroxyl groups is 8. The van der Waals surface area contributed by atoms with Gasteiger partial charge in [0.1, 0.15) is 42.7 Å². The Bertz CT molecular complexity index is 680. The zero-order chi connectivity index (χ0) is 26.7. The molecule has 9 unspecified atom stereocenters. The number of carbonyl (C=O) groups is 3. The molecule has 0 radical (unpaired) electrons. The molecule has 35 heavy (non-hydrogen) atoms. The van der Waals surface area contributed by atoms with Crippen LogP contribution in [0.4, 0.5) is 0 Å². The van der Waals surface area contributed by atoms with E-state index in [0.717, 1.165) is 0 Å². The first-order chi connectivity index (χ1) is 16.5. The normalized spacial score (nSPS) is 27.9. The van der Waals surface area contributed by atoms with E-state index in [1.165, 1.54) is 7.11 Å². The average molecular weight is 514 g/mol. The minimum absolute atomic E-state index is 0.0847. The molecule has 1 rings (SSSR count). The van der Waals surface area contributed by atoms with Gasteiger partial charge in [0.25, 0.3) is 5.91 Å². The molecule has 0 aliphatic carbocycles. The fourth-order valence-corrected chi connectivity index (χ4v) is 3.07. The zero-order valence-corrected chi connectivity index (χ0v) is 19.0. The number of hydrogen-bond acceptors (Lipinski definition) is 14. The van der Waals surface area contributed by atoms with Gasteiger partial charge in [0.05, 0.1) is 26.7 Å². The number of aliphatic hydroxyl groups excluding tert-OH is 8. The van der Waals surface area contributed by atoms with Gasteiger partial charge in [-0.2, -0.15) is 0 Å². The lowest BCUT2D eigenvalue weighted by Gasteiger charge is -2.42. The van der Waals surface area contributed by atoms with Crippen molar-refractivity contribution in [2.75, 3.05) is 33.4 Å². The quantitative estimate of drug-likeness (QED) is 0.0763. The summed E-state index contributed by atoms with van der Waals surface area (Å²) in [5.74, 6) is -2.21. The third kappa shape index (κ3) is 9.19. The number of rotatable bonds is 14. The predicted molar refractivity (Wildman–Crippen MR) is 111 cm³/mol. The molecule has 0 spiro atoms. The van der Waals surface area contributed by atoms with Crippen molar-refractivity contribution in [3.63, 3.8) is 0 Å². The van der Waals surface area contributed by atoms with Crippen LogP contribution in [0, 0.1) is 0 Å². The molecule has 0 aromatic rings. The summed E-state index contributed by atoms with van der Waals surface area (Å²) in [6.45, 7) is -2.07. The second-order valence-corrected chi connectivity index (χ2v) is 7.70. The predicted octanol–water partition coefficient (Wildman–Crippen LogP) is -6.57. The summed E-state index contributed by atoms with van der Waals surface area (Å²) in [4.78, 5) is 34.7. The van der Waals surface area contributed by atoms with Crippen LogP contribution < -0.4 is 10.6 Å². The Morgan fingerprint density at radius 2 is 1.57 bits per heavy atom. The summed E-state index contributed by atoms with van der Waals surface area (Å²) in [5.41, 5.74) is 0. The third-order valence-corrected chi connectivity index (χ3v) is 5.16. The molecule has 204 valence electrons. The Morgan fingerprint density at radius 1 is 0.943 bits per heavy atom. The fourth-order valence-electron chi connectivity index (χ4n) is 3.07. The SMILES string of the molecule is COC(=O)CCC(=O)NCCNC(=O)C(O)C(O)C(OC1OC(CO)C(O)C(O)C1O)C(O)CO. The van der Waals surface area contributed by atoms with Crippen molar-refractivity contribution in [1.29, 1.82) is 0 Å². The molecule has 2 amide bonds. The molecule has 16 nitrogen and oxygen atoms in total. The van der Waals surface area contributed by atoms with Gasteiger partial charge >= 0.3 is 5.97 Å². The Hall–Kier alpha value is -1.99. The van der Waals surface area contributed by atoms with Crippen molar-refractivity contribution >= 4 is 17.8 Å². The number of methoxy groups -OCH3 is 1. The standard InChI is InChI=1S/C19H34N2O14/c1-33-11(26)3-2-10(25)20-4-5-21-18(32)15(30)14(29)17(8(24)6-22)35-19-16(31)13(28)12(27)9(7-23)34-19/h8-9,12-17,19,22-24,27-31H,2-7H2,1H3,(H,20,25)(H,21,32). The van der Waals surface area contributed by atoms with E-state index in [0.29, 0.717) is 0 Å². The molecular formula is C19H34N2O14. The first-order valence-electron chi connectivity index (χ1n) is 10.7. The Labute approximate surface area is 200 Å². The first-order valence-corrected chi connectivity index (χ1v) is 10.7. The molecule has 9 atom stereocenters. The summed E-state index contributed by atoms with van der Waals surface area (Å²) in [6, 6.07) is 0. The van der Waals surface area contributed by atoms with Gasteiger partial charge in [-0.15, -0.1) is 0 Å². The van der Waals surface area contributed by atoms with Crippen molar-refractivity contribution in [3.8, 4) is 0 Å². The van der Waals surface area contributed by atoms with Crippen molar-refractivity contribution in [2.45, 2.75) is 68.0 Å². The number of esters is 1. The average Bonchev–Trinajstić information content (AvgIpc) is 2.86. The van der Waals surface area contributed by atoms with E-state index in [1.807, 2.05) is 0 Å². The van der Waals surface area contributed by atoms with Crippen LogP contribution in [0.15, 0.2) is 0 Å². The second kappa shape index (κ2) is 15.2. The smallest absolute Gasteiger partial charge is 0.306 e. The van der Waals surface area contributed by atoms with E-state index >= 15 is 0 Å². The molecule has 1 heterocycles. The van der Waals surface area contributed by atoms with Gasteiger partial charge in [0.2, 0.25) is 5.91 Å². The fraction of sp³-hybridized carbons (Fsp3) is 0.842. The lowest BCUT2D eigenvalue weighted by molar-refractivity contribution is -0.326. The minimum Gasteiger partial charge on any atom is -0.469 e. The van der Waals surface area contributed by atoms with Crippen LogP contribution in [-0.2, 0) is 28.6 Å². The maximum Gasteiger partial charge on any atom is 0.306 e. The van der Waals surface area contributed by atoms with Gasteiger partial charge in [0.15, 0.2) is 12.4 Å². The lowest BCUT2D eigenvalue weighted by Crippen LogP contribution is -2.62. The summed E-state index contributed by atoms with van der Waals surface area (Å²) in [5, 5.41) is 83.3. The number of carbonyl (C=O) groups excluding carboxylic acids is 3. The van der Waals surface area contributed by atoms with Crippen molar-refractivity contribution < 1.29 is 69.4 Å². The molecule has 1 aliphatic heterocycles. The second-order valence-electron chi connectivity index (χ2n) is 7.70. The maximum absolute atomic E-state index is 12.2. The molecular weight excluding hydrogens is 480 g/mol. The van der Waals surface area contributed by atoms with E-state index in [9.17, 15) is 55.2 Å². The van der Waals surface area contributed by atoms with Crippen LogP contribution in [0.2, 0.25) is 0 Å². The topological polar surface area (TPSA) is 265 Å². The van der Waals surface area contributed by atoms with Crippen molar-refractivity contribution in [3.05, 3.63) is 0 Å². The molecule has 1 fully saturated rings. The molecule has 1 saturated heterocycles. The van der Waals surface area contributed by atoms with E-state index in [4.69, 9.17) is 9.47 Å². The van der Waals surface area contributed by atoms with Crippen LogP contribution in [0.3, 0.4) is 0 Å². The molecule has 16 heteroatoms.